The Morgan fingerprint density at radius 2 is 1.82 bits per heavy atom. The third-order valence-electron chi connectivity index (χ3n) is 6.15. The lowest BCUT2D eigenvalue weighted by molar-refractivity contribution is -0.149. The molecule has 1 N–H and O–H groups in total. The van der Waals surface area contributed by atoms with E-state index in [4.69, 9.17) is 0 Å². The Labute approximate surface area is 132 Å². The summed E-state index contributed by atoms with van der Waals surface area (Å²) in [6.45, 7) is 5.05. The van der Waals surface area contributed by atoms with E-state index in [1.807, 2.05) is 11.8 Å². The number of amides is 1. The van der Waals surface area contributed by atoms with Crippen LogP contribution in [0, 0.1) is 11.3 Å². The molecule has 3 atom stereocenters. The molecule has 1 amide bonds. The molecule has 22 heavy (non-hydrogen) atoms. The third kappa shape index (κ3) is 2.64. The summed E-state index contributed by atoms with van der Waals surface area (Å²) in [5.74, 6) is -0.407. The van der Waals surface area contributed by atoms with Crippen LogP contribution in [0.1, 0.15) is 51.9 Å². The van der Waals surface area contributed by atoms with E-state index in [9.17, 15) is 14.7 Å². The normalized spacial score (nSPS) is 34.2. The highest BCUT2D eigenvalue weighted by molar-refractivity contribution is 5.84. The van der Waals surface area contributed by atoms with Crippen molar-refractivity contribution in [2.75, 3.05) is 26.2 Å². The molecular formula is C17H28N2O3. The highest BCUT2D eigenvalue weighted by Crippen LogP contribution is 2.49. The van der Waals surface area contributed by atoms with Gasteiger partial charge >= 0.3 is 5.97 Å². The Balaban J connectivity index is 1.67. The minimum Gasteiger partial charge on any atom is -0.481 e. The van der Waals surface area contributed by atoms with Crippen molar-refractivity contribution in [1.29, 1.82) is 0 Å². The maximum absolute atomic E-state index is 12.8. The Morgan fingerprint density at radius 1 is 1.14 bits per heavy atom. The maximum Gasteiger partial charge on any atom is 0.311 e. The van der Waals surface area contributed by atoms with E-state index in [0.29, 0.717) is 13.1 Å². The van der Waals surface area contributed by atoms with Crippen LogP contribution in [-0.4, -0.2) is 59.0 Å². The smallest absolute Gasteiger partial charge is 0.311 e. The zero-order valence-corrected chi connectivity index (χ0v) is 13.6. The van der Waals surface area contributed by atoms with E-state index in [-0.39, 0.29) is 17.9 Å². The first-order chi connectivity index (χ1) is 10.5. The number of hydrogen-bond donors (Lipinski definition) is 1. The van der Waals surface area contributed by atoms with Gasteiger partial charge in [0.2, 0.25) is 5.91 Å². The van der Waals surface area contributed by atoms with Crippen LogP contribution in [0.2, 0.25) is 0 Å². The van der Waals surface area contributed by atoms with Crippen LogP contribution in [-0.2, 0) is 9.59 Å². The number of nitrogens with zero attached hydrogens (tertiary/aromatic N) is 2. The summed E-state index contributed by atoms with van der Waals surface area (Å²) < 4.78 is 0. The quantitative estimate of drug-likeness (QED) is 0.866. The second-order valence-corrected chi connectivity index (χ2v) is 7.40. The van der Waals surface area contributed by atoms with E-state index >= 15 is 0 Å². The molecule has 0 aromatic rings. The minimum atomic E-state index is -0.701. The molecule has 2 saturated heterocycles. The highest BCUT2D eigenvalue weighted by atomic mass is 16.4. The maximum atomic E-state index is 12.8. The van der Waals surface area contributed by atoms with Gasteiger partial charge in [-0.1, -0.05) is 19.3 Å². The number of hydrogen-bond acceptors (Lipinski definition) is 3. The molecule has 2 heterocycles. The van der Waals surface area contributed by atoms with Crippen molar-refractivity contribution < 1.29 is 14.7 Å². The number of carboxylic acids is 1. The lowest BCUT2D eigenvalue weighted by Gasteiger charge is -2.31. The lowest BCUT2D eigenvalue weighted by atomic mass is 9.81. The van der Waals surface area contributed by atoms with Crippen LogP contribution < -0.4 is 0 Å². The van der Waals surface area contributed by atoms with Crippen molar-refractivity contribution in [3.63, 3.8) is 0 Å². The van der Waals surface area contributed by atoms with Gasteiger partial charge in [-0.05, 0) is 51.6 Å². The zero-order chi connectivity index (χ0) is 15.7. The average Bonchev–Trinajstić information content (AvgIpc) is 2.93. The molecule has 3 aliphatic rings. The number of fused-ring (bicyclic) bond motifs is 1. The fourth-order valence-corrected chi connectivity index (χ4v) is 4.71. The van der Waals surface area contributed by atoms with Gasteiger partial charge in [-0.25, -0.2) is 0 Å². The van der Waals surface area contributed by atoms with E-state index in [1.54, 1.807) is 0 Å². The van der Waals surface area contributed by atoms with E-state index < -0.39 is 11.4 Å². The van der Waals surface area contributed by atoms with E-state index in [1.165, 1.54) is 25.7 Å². The first-order valence-corrected chi connectivity index (χ1v) is 8.81. The molecule has 1 unspecified atom stereocenters. The van der Waals surface area contributed by atoms with Crippen LogP contribution in [0.15, 0.2) is 0 Å². The summed E-state index contributed by atoms with van der Waals surface area (Å²) in [7, 11) is 0. The minimum absolute atomic E-state index is 0.109. The predicted octanol–water partition coefficient (Wildman–Crippen LogP) is 1.96. The molecule has 0 radical (unpaired) electrons. The lowest BCUT2D eigenvalue weighted by Crippen LogP contribution is -2.47. The van der Waals surface area contributed by atoms with Crippen LogP contribution in [0.25, 0.3) is 0 Å². The fourth-order valence-electron chi connectivity index (χ4n) is 4.71. The number of carboxylic acid groups (broad SMARTS) is 1. The molecule has 5 nitrogen and oxygen atoms in total. The van der Waals surface area contributed by atoms with Crippen molar-refractivity contribution in [3.05, 3.63) is 0 Å². The Bertz CT molecular complexity index is 445. The van der Waals surface area contributed by atoms with Crippen molar-refractivity contribution >= 4 is 11.9 Å². The molecule has 1 saturated carbocycles. The summed E-state index contributed by atoms with van der Waals surface area (Å²) in [5, 5.41) is 9.65. The van der Waals surface area contributed by atoms with Gasteiger partial charge in [-0.2, -0.15) is 0 Å². The molecule has 2 aliphatic heterocycles. The number of carbonyl (C=O) groups is 2. The summed E-state index contributed by atoms with van der Waals surface area (Å²) in [4.78, 5) is 28.7. The molecule has 0 bridgehead atoms. The molecule has 3 fully saturated rings. The number of rotatable bonds is 3. The monoisotopic (exact) mass is 308 g/mol. The predicted molar refractivity (Wildman–Crippen MR) is 83.5 cm³/mol. The topological polar surface area (TPSA) is 60.9 Å². The standard InChI is InChI=1S/C17H28N2O3/c1-13(18-9-4-2-3-5-10-18)15(20)19-11-14-7-6-8-17(14,12-19)16(21)22/h13-14H,2-12H2,1H3,(H,21,22)/t13?,14-,17+/m0/s1. The van der Waals surface area contributed by atoms with Crippen LogP contribution >= 0.6 is 0 Å². The van der Waals surface area contributed by atoms with Gasteiger partial charge in [0, 0.05) is 13.1 Å². The van der Waals surface area contributed by atoms with Crippen LogP contribution in [0.3, 0.4) is 0 Å². The first-order valence-electron chi connectivity index (χ1n) is 8.81. The van der Waals surface area contributed by atoms with Gasteiger partial charge in [-0.15, -0.1) is 0 Å². The number of aliphatic carboxylic acids is 1. The third-order valence-corrected chi connectivity index (χ3v) is 6.15. The molecule has 0 spiro atoms. The zero-order valence-electron chi connectivity index (χ0n) is 13.6. The summed E-state index contributed by atoms with van der Waals surface area (Å²) in [6, 6.07) is -0.109. The summed E-state index contributed by atoms with van der Waals surface area (Å²) in [6.07, 6.45) is 7.51. The Kier molecular flexibility index (Phi) is 4.44. The van der Waals surface area contributed by atoms with Crippen LogP contribution in [0.5, 0.6) is 0 Å². The van der Waals surface area contributed by atoms with Gasteiger partial charge in [0.05, 0.1) is 11.5 Å². The van der Waals surface area contributed by atoms with E-state index in [2.05, 4.69) is 4.90 Å². The molecule has 5 heteroatoms. The average molecular weight is 308 g/mol. The van der Waals surface area contributed by atoms with Gasteiger partial charge in [0.1, 0.15) is 0 Å². The molecule has 1 aliphatic carbocycles. The van der Waals surface area contributed by atoms with E-state index in [0.717, 1.165) is 32.4 Å². The van der Waals surface area contributed by atoms with Crippen LogP contribution in [0.4, 0.5) is 0 Å². The van der Waals surface area contributed by atoms with Crippen molar-refractivity contribution in [2.45, 2.75) is 57.9 Å². The highest BCUT2D eigenvalue weighted by Gasteiger charge is 2.56. The molecule has 0 aromatic carbocycles. The first kappa shape index (κ1) is 15.8. The van der Waals surface area contributed by atoms with Crippen molar-refractivity contribution in [3.8, 4) is 0 Å². The van der Waals surface area contributed by atoms with Crippen molar-refractivity contribution in [2.24, 2.45) is 11.3 Å². The van der Waals surface area contributed by atoms with Gasteiger partial charge < -0.3 is 10.0 Å². The molecule has 0 aromatic heterocycles. The molecule has 3 rings (SSSR count). The summed E-state index contributed by atoms with van der Waals surface area (Å²) >= 11 is 0. The van der Waals surface area contributed by atoms with Crippen molar-refractivity contribution in [1.82, 2.24) is 9.80 Å². The number of carbonyl (C=O) groups excluding carboxylic acids is 1. The molecular weight excluding hydrogens is 280 g/mol. The second-order valence-electron chi connectivity index (χ2n) is 7.40. The fraction of sp³-hybridized carbons (Fsp3) is 0.882. The summed E-state index contributed by atoms with van der Waals surface area (Å²) in [5.41, 5.74) is -0.659. The Morgan fingerprint density at radius 3 is 2.41 bits per heavy atom. The Hall–Kier alpha value is -1.10. The van der Waals surface area contributed by atoms with Gasteiger partial charge in [0.25, 0.3) is 0 Å². The van der Waals surface area contributed by atoms with Gasteiger partial charge in [0.15, 0.2) is 0 Å². The number of likely N-dealkylation sites (tertiary alicyclic amines) is 2. The van der Waals surface area contributed by atoms with Gasteiger partial charge in [-0.3, -0.25) is 14.5 Å². The molecule has 124 valence electrons. The second kappa shape index (κ2) is 6.19. The largest absolute Gasteiger partial charge is 0.481 e. The SMILES string of the molecule is CC(C(=O)N1C[C@@H]2CCC[C@@]2(C(=O)O)C1)N1CCCCCC1.